The molecule has 0 unspecified atom stereocenters. The Morgan fingerprint density at radius 2 is 1.42 bits per heavy atom. The minimum Gasteiger partial charge on any atom is -0.448 e. The number of aryl methyl sites for hydroxylation is 1. The van der Waals surface area contributed by atoms with Crippen LogP contribution in [0.2, 0.25) is 0 Å². The maximum Gasteiger partial charge on any atom is 0.303 e. The number of nitrogens with zero attached hydrogens (tertiary/aromatic N) is 2. The summed E-state index contributed by atoms with van der Waals surface area (Å²) in [5, 5.41) is 2.84. The van der Waals surface area contributed by atoms with Crippen LogP contribution in [0.4, 0.5) is 5.69 Å². The second-order valence-electron chi connectivity index (χ2n) is 9.99. The highest BCUT2D eigenvalue weighted by Gasteiger charge is 2.42. The minimum atomic E-state index is -1.58. The van der Waals surface area contributed by atoms with Gasteiger partial charge in [-0.25, -0.2) is 0 Å². The highest BCUT2D eigenvalue weighted by atomic mass is 16.6. The van der Waals surface area contributed by atoms with Crippen molar-refractivity contribution in [3.05, 3.63) is 65.2 Å². The Morgan fingerprint density at radius 1 is 0.868 bits per heavy atom. The first kappa shape index (κ1) is 27.2. The lowest BCUT2D eigenvalue weighted by molar-refractivity contribution is -0.178. The van der Waals surface area contributed by atoms with E-state index in [1.54, 1.807) is 0 Å². The first-order chi connectivity index (χ1) is 18.2. The van der Waals surface area contributed by atoms with E-state index >= 15 is 0 Å². The molecule has 2 aromatic rings. The van der Waals surface area contributed by atoms with Crippen molar-refractivity contribution < 1.29 is 28.7 Å². The van der Waals surface area contributed by atoms with Crippen LogP contribution in [-0.4, -0.2) is 60.5 Å². The monoisotopic (exact) mass is 521 g/mol. The van der Waals surface area contributed by atoms with Crippen LogP contribution in [0.5, 0.6) is 0 Å². The lowest BCUT2D eigenvalue weighted by atomic mass is 9.95. The van der Waals surface area contributed by atoms with Gasteiger partial charge in [0.2, 0.25) is 12.2 Å². The zero-order valence-corrected chi connectivity index (χ0v) is 22.1. The zero-order valence-electron chi connectivity index (χ0n) is 22.1. The molecule has 2 aliphatic heterocycles. The van der Waals surface area contributed by atoms with Gasteiger partial charge in [-0.15, -0.1) is 0 Å². The molecule has 38 heavy (non-hydrogen) atoms. The van der Waals surface area contributed by atoms with Gasteiger partial charge in [-0.05, 0) is 48.4 Å². The third-order valence-corrected chi connectivity index (χ3v) is 7.15. The van der Waals surface area contributed by atoms with E-state index in [-0.39, 0.29) is 5.92 Å². The molecule has 9 nitrogen and oxygen atoms in total. The van der Waals surface area contributed by atoms with Crippen molar-refractivity contribution >= 4 is 29.4 Å². The number of esters is 2. The number of piperidine rings is 1. The molecule has 0 saturated carbocycles. The van der Waals surface area contributed by atoms with Gasteiger partial charge in [0.1, 0.15) is 0 Å². The van der Waals surface area contributed by atoms with Crippen LogP contribution in [0, 0.1) is 12.8 Å². The maximum atomic E-state index is 13.5. The molecule has 2 aromatic carbocycles. The number of nitrogens with one attached hydrogen (secondary N) is 1. The largest absolute Gasteiger partial charge is 0.448 e. The fourth-order valence-corrected chi connectivity index (χ4v) is 5.16. The Balaban J connectivity index is 1.40. The molecule has 2 amide bonds. The van der Waals surface area contributed by atoms with Crippen LogP contribution < -0.4 is 10.2 Å². The Labute approximate surface area is 223 Å². The van der Waals surface area contributed by atoms with Crippen LogP contribution >= 0.6 is 0 Å². The second-order valence-corrected chi connectivity index (χ2v) is 9.99. The van der Waals surface area contributed by atoms with Crippen molar-refractivity contribution in [2.75, 3.05) is 24.5 Å². The van der Waals surface area contributed by atoms with Crippen molar-refractivity contribution in [1.82, 2.24) is 10.2 Å². The molecule has 202 valence electrons. The highest BCUT2D eigenvalue weighted by molar-refractivity contribution is 5.93. The fourth-order valence-electron chi connectivity index (χ4n) is 5.16. The number of hydrogen-bond donors (Lipinski definition) is 1. The highest BCUT2D eigenvalue weighted by Crippen LogP contribution is 2.27. The molecular weight excluding hydrogens is 486 g/mol. The van der Waals surface area contributed by atoms with Crippen molar-refractivity contribution in [3.63, 3.8) is 0 Å². The van der Waals surface area contributed by atoms with Crippen molar-refractivity contribution in [1.29, 1.82) is 0 Å². The maximum absolute atomic E-state index is 13.5. The standard InChI is InChI=1S/C29H35N3O6/c1-19-8-4-7-11-25(19)31-14-12-22(13-15-31)16-30-28(35)26(37-20(2)33)27(38-21(3)34)29(36)32-17-23-9-5-6-10-24(23)18-32/h4-11,22,26-27H,12-18H2,1-3H3,(H,30,35)/t26-,27-/m1/s1. The summed E-state index contributed by atoms with van der Waals surface area (Å²) in [6, 6.07) is 15.9. The van der Waals surface area contributed by atoms with Gasteiger partial charge in [-0.1, -0.05) is 42.5 Å². The summed E-state index contributed by atoms with van der Waals surface area (Å²) in [6.45, 7) is 7.15. The predicted octanol–water partition coefficient (Wildman–Crippen LogP) is 2.73. The Morgan fingerprint density at radius 3 is 2.00 bits per heavy atom. The number of hydrogen-bond acceptors (Lipinski definition) is 7. The summed E-state index contributed by atoms with van der Waals surface area (Å²) in [6.07, 6.45) is -1.40. The molecular formula is C29H35N3O6. The molecule has 1 N–H and O–H groups in total. The molecule has 9 heteroatoms. The molecule has 2 aliphatic rings. The quantitative estimate of drug-likeness (QED) is 0.533. The van der Waals surface area contributed by atoms with E-state index in [0.29, 0.717) is 19.6 Å². The van der Waals surface area contributed by atoms with E-state index in [1.165, 1.54) is 16.2 Å². The second kappa shape index (κ2) is 12.1. The Bertz CT molecular complexity index is 1170. The van der Waals surface area contributed by atoms with Gasteiger partial charge in [-0.3, -0.25) is 19.2 Å². The number of amides is 2. The van der Waals surface area contributed by atoms with Crippen molar-refractivity contribution in [2.45, 2.75) is 58.9 Å². The average molecular weight is 522 g/mol. The van der Waals surface area contributed by atoms with Gasteiger partial charge >= 0.3 is 11.9 Å². The Kier molecular flexibility index (Phi) is 8.66. The van der Waals surface area contributed by atoms with Gasteiger partial charge in [-0.2, -0.15) is 0 Å². The molecule has 2 atom stereocenters. The van der Waals surface area contributed by atoms with Crippen LogP contribution in [0.3, 0.4) is 0 Å². The van der Waals surface area contributed by atoms with Gasteiger partial charge < -0.3 is 24.6 Å². The number of fused-ring (bicyclic) bond motifs is 1. The summed E-state index contributed by atoms with van der Waals surface area (Å²) in [7, 11) is 0. The van der Waals surface area contributed by atoms with Gasteiger partial charge in [0.15, 0.2) is 0 Å². The average Bonchev–Trinajstić information content (AvgIpc) is 3.34. The van der Waals surface area contributed by atoms with Gasteiger partial charge in [0, 0.05) is 52.3 Å². The molecule has 0 aliphatic carbocycles. The first-order valence-corrected chi connectivity index (χ1v) is 13.0. The molecule has 2 heterocycles. The third-order valence-electron chi connectivity index (χ3n) is 7.15. The summed E-state index contributed by atoms with van der Waals surface area (Å²) < 4.78 is 10.6. The molecule has 4 rings (SSSR count). The van der Waals surface area contributed by atoms with Crippen LogP contribution in [0.25, 0.3) is 0 Å². The van der Waals surface area contributed by atoms with Crippen LogP contribution in [0.1, 0.15) is 43.4 Å². The number of ether oxygens (including phenoxy) is 2. The number of anilines is 1. The van der Waals surface area contributed by atoms with Gasteiger partial charge in [0.05, 0.1) is 0 Å². The molecule has 0 bridgehead atoms. The number of benzene rings is 2. The number of para-hydroxylation sites is 1. The molecule has 0 spiro atoms. The first-order valence-electron chi connectivity index (χ1n) is 13.0. The molecule has 1 saturated heterocycles. The summed E-state index contributed by atoms with van der Waals surface area (Å²) in [5.74, 6) is -2.49. The summed E-state index contributed by atoms with van der Waals surface area (Å²) in [4.78, 5) is 54.4. The molecule has 0 aromatic heterocycles. The van der Waals surface area contributed by atoms with Crippen molar-refractivity contribution in [2.24, 2.45) is 5.92 Å². The van der Waals surface area contributed by atoms with Crippen LogP contribution in [-0.2, 0) is 41.7 Å². The van der Waals surface area contributed by atoms with E-state index in [2.05, 4.69) is 29.3 Å². The topological polar surface area (TPSA) is 105 Å². The normalized spacial score (nSPS) is 16.8. The van der Waals surface area contributed by atoms with Gasteiger partial charge in [0.25, 0.3) is 11.8 Å². The minimum absolute atomic E-state index is 0.230. The van der Waals surface area contributed by atoms with Crippen LogP contribution in [0.15, 0.2) is 48.5 Å². The van der Waals surface area contributed by atoms with E-state index in [9.17, 15) is 19.2 Å². The third kappa shape index (κ3) is 6.51. The number of carbonyl (C=O) groups is 4. The van der Waals surface area contributed by atoms with E-state index < -0.39 is 36.0 Å². The lowest BCUT2D eigenvalue weighted by Crippen LogP contribution is -2.54. The Hall–Kier alpha value is -3.88. The molecule has 0 radical (unpaired) electrons. The van der Waals surface area contributed by atoms with Crippen molar-refractivity contribution in [3.8, 4) is 0 Å². The predicted molar refractivity (Wildman–Crippen MR) is 141 cm³/mol. The molecule has 1 fully saturated rings. The fraction of sp³-hybridized carbons (Fsp3) is 0.448. The van der Waals surface area contributed by atoms with E-state index in [0.717, 1.165) is 50.9 Å². The number of rotatable bonds is 8. The van der Waals surface area contributed by atoms with E-state index in [1.807, 2.05) is 36.4 Å². The number of carbonyl (C=O) groups excluding carboxylic acids is 4. The smallest absolute Gasteiger partial charge is 0.303 e. The zero-order chi connectivity index (χ0) is 27.2. The summed E-state index contributed by atoms with van der Waals surface area (Å²) in [5.41, 5.74) is 4.41. The SMILES string of the molecule is CC(=O)O[C@@H](C(=O)NCC1CCN(c2ccccc2C)CC1)[C@@H](OC(C)=O)C(=O)N1Cc2ccccc2C1. The van der Waals surface area contributed by atoms with E-state index in [4.69, 9.17) is 9.47 Å². The lowest BCUT2D eigenvalue weighted by Gasteiger charge is -2.35. The summed E-state index contributed by atoms with van der Waals surface area (Å²) >= 11 is 0.